The third-order valence-corrected chi connectivity index (χ3v) is 9.47. The summed E-state index contributed by atoms with van der Waals surface area (Å²) in [4.78, 5) is 56.4. The molecule has 45 heavy (non-hydrogen) atoms. The minimum atomic E-state index is -0.966. The maximum Gasteiger partial charge on any atom is 0.307 e. The lowest BCUT2D eigenvalue weighted by atomic mass is 9.77. The highest BCUT2D eigenvalue weighted by molar-refractivity contribution is 6.21. The van der Waals surface area contributed by atoms with Crippen LogP contribution < -0.4 is 4.74 Å². The van der Waals surface area contributed by atoms with Gasteiger partial charge in [0.1, 0.15) is 17.9 Å². The fourth-order valence-electron chi connectivity index (χ4n) is 7.17. The lowest BCUT2D eigenvalue weighted by molar-refractivity contribution is -0.153. The van der Waals surface area contributed by atoms with E-state index in [4.69, 9.17) is 4.74 Å². The minimum absolute atomic E-state index is 0.0680. The number of fused-ring (bicyclic) bond motifs is 3. The summed E-state index contributed by atoms with van der Waals surface area (Å²) in [6, 6.07) is 17.5. The van der Waals surface area contributed by atoms with Crippen LogP contribution in [0.2, 0.25) is 0 Å². The molecule has 3 heterocycles. The first-order valence-electron chi connectivity index (χ1n) is 15.3. The largest absolute Gasteiger partial charge is 0.489 e. The molecular formula is C34H33N5O6. The summed E-state index contributed by atoms with van der Waals surface area (Å²) in [5.41, 5.74) is 4.88. The molecule has 1 saturated carbocycles. The zero-order chi connectivity index (χ0) is 31.2. The van der Waals surface area contributed by atoms with Crippen LogP contribution in [0.4, 0.5) is 0 Å². The van der Waals surface area contributed by atoms with E-state index >= 15 is 0 Å². The third-order valence-electron chi connectivity index (χ3n) is 9.47. The van der Waals surface area contributed by atoms with E-state index < -0.39 is 35.7 Å². The van der Waals surface area contributed by atoms with Crippen LogP contribution in [-0.2, 0) is 29.7 Å². The number of aromatic nitrogens is 3. The Balaban J connectivity index is 1.25. The second-order valence-electron chi connectivity index (χ2n) is 12.1. The van der Waals surface area contributed by atoms with E-state index in [1.807, 2.05) is 43.4 Å². The summed E-state index contributed by atoms with van der Waals surface area (Å²) in [6.45, 7) is 0.497. The zero-order valence-electron chi connectivity index (χ0n) is 24.9. The highest BCUT2D eigenvalue weighted by Crippen LogP contribution is 2.41. The molecule has 3 amide bonds. The van der Waals surface area contributed by atoms with Crippen molar-refractivity contribution < 1.29 is 29.0 Å². The number of aryl methyl sites for hydroxylation is 1. The number of nitrogens with zero attached hydrogens (tertiary/aromatic N) is 5. The van der Waals surface area contributed by atoms with E-state index in [-0.39, 0.29) is 19.1 Å². The van der Waals surface area contributed by atoms with Gasteiger partial charge in [-0.25, -0.2) is 4.68 Å². The van der Waals surface area contributed by atoms with Crippen LogP contribution in [0.15, 0.2) is 60.7 Å². The van der Waals surface area contributed by atoms with Gasteiger partial charge in [0.15, 0.2) is 0 Å². The second-order valence-corrected chi connectivity index (χ2v) is 12.1. The summed E-state index contributed by atoms with van der Waals surface area (Å²) in [5.74, 6) is -2.93. The summed E-state index contributed by atoms with van der Waals surface area (Å²) in [6.07, 6.45) is 3.01. The molecular weight excluding hydrogens is 574 g/mol. The SMILES string of the molecule is Cn1nnc2cc(COc3cccc4c3[C@@H](CN3C(=O)c5ccccc5C3=O)N(C(=O)C3CCCCC3C(=O)O)CC4)ccc21. The van der Waals surface area contributed by atoms with Gasteiger partial charge >= 0.3 is 5.97 Å². The number of hydrogen-bond donors (Lipinski definition) is 1. The van der Waals surface area contributed by atoms with Gasteiger partial charge in [0, 0.05) is 19.2 Å². The summed E-state index contributed by atoms with van der Waals surface area (Å²) < 4.78 is 8.11. The fourth-order valence-corrected chi connectivity index (χ4v) is 7.17. The first-order chi connectivity index (χ1) is 21.8. The summed E-state index contributed by atoms with van der Waals surface area (Å²) >= 11 is 0. The number of benzene rings is 3. The Hall–Kier alpha value is -5.06. The van der Waals surface area contributed by atoms with Gasteiger partial charge in [-0.1, -0.05) is 48.4 Å². The van der Waals surface area contributed by atoms with Crippen molar-refractivity contribution in [3.05, 3.63) is 88.5 Å². The molecule has 3 aromatic carbocycles. The molecule has 11 heteroatoms. The molecule has 2 unspecified atom stereocenters. The normalized spacial score (nSPS) is 21.1. The number of carbonyl (C=O) groups is 4. The lowest BCUT2D eigenvalue weighted by Gasteiger charge is -2.42. The standard InChI is InChI=1S/C34H33N5O6/c1-37-27-14-13-20(17-26(27)35-36-37)19-45-29-12-6-7-21-15-16-38(31(40)24-10-4-5-11-25(24)34(43)44)28(30(21)29)18-39-32(41)22-8-2-3-9-23(22)33(39)42/h2-3,6-9,12-14,17,24-25,28H,4-5,10-11,15-16,18-19H2,1H3,(H,43,44)/t24?,25?,28-/m1/s1. The van der Waals surface area contributed by atoms with Crippen molar-refractivity contribution in [3.8, 4) is 5.75 Å². The van der Waals surface area contributed by atoms with Crippen molar-refractivity contribution >= 4 is 34.7 Å². The molecule has 3 atom stereocenters. The van der Waals surface area contributed by atoms with E-state index in [9.17, 15) is 24.3 Å². The molecule has 1 fully saturated rings. The highest BCUT2D eigenvalue weighted by atomic mass is 16.5. The number of aliphatic carboxylic acids is 1. The molecule has 0 bridgehead atoms. The predicted octanol–water partition coefficient (Wildman–Crippen LogP) is 4.16. The van der Waals surface area contributed by atoms with E-state index in [0.717, 1.165) is 40.6 Å². The van der Waals surface area contributed by atoms with Crippen LogP contribution in [0, 0.1) is 11.8 Å². The van der Waals surface area contributed by atoms with Crippen LogP contribution in [0.3, 0.4) is 0 Å². The molecule has 2 aliphatic heterocycles. The summed E-state index contributed by atoms with van der Waals surface area (Å²) in [7, 11) is 1.83. The average Bonchev–Trinajstić information content (AvgIpc) is 3.55. The van der Waals surface area contributed by atoms with Gasteiger partial charge in [0.2, 0.25) is 5.91 Å². The van der Waals surface area contributed by atoms with Crippen LogP contribution in [0.25, 0.3) is 11.0 Å². The van der Waals surface area contributed by atoms with Crippen molar-refractivity contribution in [2.75, 3.05) is 13.1 Å². The van der Waals surface area contributed by atoms with E-state index in [2.05, 4.69) is 10.3 Å². The maximum absolute atomic E-state index is 14.3. The number of rotatable bonds is 7. The minimum Gasteiger partial charge on any atom is -0.489 e. The maximum atomic E-state index is 14.3. The van der Waals surface area contributed by atoms with Gasteiger partial charge in [-0.2, -0.15) is 0 Å². The number of amides is 3. The molecule has 11 nitrogen and oxygen atoms in total. The van der Waals surface area contributed by atoms with Crippen LogP contribution in [0.1, 0.15) is 69.1 Å². The first kappa shape index (κ1) is 28.7. The molecule has 0 spiro atoms. The molecule has 1 N–H and O–H groups in total. The quantitative estimate of drug-likeness (QED) is 0.310. The molecule has 1 aromatic heterocycles. The zero-order valence-corrected chi connectivity index (χ0v) is 24.9. The van der Waals surface area contributed by atoms with Crippen LogP contribution >= 0.6 is 0 Å². The smallest absolute Gasteiger partial charge is 0.307 e. The van der Waals surface area contributed by atoms with Crippen molar-refractivity contribution in [3.63, 3.8) is 0 Å². The van der Waals surface area contributed by atoms with Gasteiger partial charge in [0.25, 0.3) is 11.8 Å². The second kappa shape index (κ2) is 11.5. The van der Waals surface area contributed by atoms with Gasteiger partial charge in [0.05, 0.1) is 41.1 Å². The van der Waals surface area contributed by atoms with Crippen LogP contribution in [-0.4, -0.2) is 66.7 Å². The first-order valence-corrected chi connectivity index (χ1v) is 15.3. The Labute approximate surface area is 259 Å². The number of imide groups is 1. The van der Waals surface area contributed by atoms with Crippen molar-refractivity contribution in [1.29, 1.82) is 0 Å². The van der Waals surface area contributed by atoms with Crippen LogP contribution in [0.5, 0.6) is 5.75 Å². The van der Waals surface area contributed by atoms with E-state index in [0.29, 0.717) is 42.7 Å². The molecule has 230 valence electrons. The molecule has 7 rings (SSSR count). The van der Waals surface area contributed by atoms with Gasteiger partial charge in [-0.15, -0.1) is 5.10 Å². The number of hydrogen-bond acceptors (Lipinski definition) is 7. The van der Waals surface area contributed by atoms with E-state index in [1.165, 1.54) is 4.90 Å². The Morgan fingerprint density at radius 3 is 2.42 bits per heavy atom. The van der Waals surface area contributed by atoms with Gasteiger partial charge < -0.3 is 14.7 Å². The van der Waals surface area contributed by atoms with Crippen molar-refractivity contribution in [2.24, 2.45) is 18.9 Å². The van der Waals surface area contributed by atoms with Gasteiger partial charge in [-0.3, -0.25) is 24.1 Å². The summed E-state index contributed by atoms with van der Waals surface area (Å²) in [5, 5.41) is 18.2. The lowest BCUT2D eigenvalue weighted by Crippen LogP contribution is -2.50. The number of carboxylic acid groups (broad SMARTS) is 1. The predicted molar refractivity (Wildman–Crippen MR) is 162 cm³/mol. The third kappa shape index (κ3) is 5.01. The number of ether oxygens (including phenoxy) is 1. The Morgan fingerprint density at radius 2 is 1.69 bits per heavy atom. The van der Waals surface area contributed by atoms with Crippen molar-refractivity contribution in [1.82, 2.24) is 24.8 Å². The Kier molecular flexibility index (Phi) is 7.31. The topological polar surface area (TPSA) is 135 Å². The molecule has 4 aromatic rings. The van der Waals surface area contributed by atoms with E-state index in [1.54, 1.807) is 33.8 Å². The molecule has 3 aliphatic rings. The van der Waals surface area contributed by atoms with Crippen molar-refractivity contribution in [2.45, 2.75) is 44.8 Å². The van der Waals surface area contributed by atoms with Gasteiger partial charge in [-0.05, 0) is 60.7 Å². The molecule has 0 saturated heterocycles. The molecule has 1 aliphatic carbocycles. The average molecular weight is 608 g/mol. The number of carbonyl (C=O) groups excluding carboxylic acids is 3. The highest BCUT2D eigenvalue weighted by Gasteiger charge is 2.45. The fraction of sp³-hybridized carbons (Fsp3) is 0.353. The molecule has 0 radical (unpaired) electrons. The Morgan fingerprint density at radius 1 is 0.956 bits per heavy atom. The monoisotopic (exact) mass is 607 g/mol. The number of carboxylic acids is 1. The Bertz CT molecular complexity index is 1810.